The molecule has 0 bridgehead atoms. The molecule has 30 heavy (non-hydrogen) atoms. The number of carbonyl (C=O) groups is 1. The predicted octanol–water partition coefficient (Wildman–Crippen LogP) is 4.06. The number of thiazole rings is 1. The number of piperazine rings is 1. The number of aromatic nitrogens is 2. The van der Waals surface area contributed by atoms with Crippen LogP contribution in [0, 0.1) is 0 Å². The van der Waals surface area contributed by atoms with Crippen molar-refractivity contribution in [1.29, 1.82) is 0 Å². The van der Waals surface area contributed by atoms with E-state index in [1.54, 1.807) is 0 Å². The van der Waals surface area contributed by atoms with Crippen molar-refractivity contribution in [2.75, 3.05) is 32.7 Å². The minimum atomic E-state index is 0.0981. The molecule has 5 rings (SSSR count). The first-order valence-electron chi connectivity index (χ1n) is 10.4. The van der Waals surface area contributed by atoms with E-state index in [9.17, 15) is 4.79 Å². The molecule has 0 atom stereocenters. The van der Waals surface area contributed by atoms with E-state index in [1.807, 2.05) is 51.2 Å². The maximum Gasteiger partial charge on any atom is 0.271 e. The molecule has 4 aromatic rings. The van der Waals surface area contributed by atoms with Crippen molar-refractivity contribution >= 4 is 22.2 Å². The number of benzene rings is 2. The summed E-state index contributed by atoms with van der Waals surface area (Å²) >= 11 is 1.52. The normalized spacial score (nSPS) is 15.0. The second kappa shape index (κ2) is 8.42. The maximum atomic E-state index is 13.2. The number of hydrogen-bond acceptors (Lipinski definition) is 4. The lowest BCUT2D eigenvalue weighted by atomic mass is 10.1. The van der Waals surface area contributed by atoms with Gasteiger partial charge in [0.2, 0.25) is 0 Å². The van der Waals surface area contributed by atoms with Crippen molar-refractivity contribution in [2.45, 2.75) is 6.42 Å². The first-order chi connectivity index (χ1) is 14.8. The number of fused-ring (bicyclic) bond motifs is 1. The minimum Gasteiger partial charge on any atom is -0.335 e. The molecule has 1 aliphatic rings. The standard InChI is InChI=1S/C24H24N4OS/c29-23(27-15-13-26(14-16-27)12-11-19-7-3-1-4-8-19)22-18-30-24-25-21(17-28(22)24)20-9-5-2-6-10-20/h1-10,17-18H,11-16H2. The summed E-state index contributed by atoms with van der Waals surface area (Å²) in [4.78, 5) is 23.2. The monoisotopic (exact) mass is 416 g/mol. The molecule has 0 N–H and O–H groups in total. The highest BCUT2D eigenvalue weighted by atomic mass is 32.1. The molecule has 0 aliphatic carbocycles. The first kappa shape index (κ1) is 19.0. The third kappa shape index (κ3) is 3.88. The van der Waals surface area contributed by atoms with Crippen LogP contribution < -0.4 is 0 Å². The summed E-state index contributed by atoms with van der Waals surface area (Å²) in [6.45, 7) is 4.42. The van der Waals surface area contributed by atoms with Gasteiger partial charge in [-0.15, -0.1) is 11.3 Å². The molecule has 0 radical (unpaired) electrons. The molecule has 6 heteroatoms. The van der Waals surface area contributed by atoms with Gasteiger partial charge < -0.3 is 4.90 Å². The Morgan fingerprint density at radius 3 is 2.37 bits per heavy atom. The van der Waals surface area contributed by atoms with Gasteiger partial charge in [0.1, 0.15) is 5.69 Å². The Labute approximate surface area is 180 Å². The Bertz CT molecular complexity index is 1130. The van der Waals surface area contributed by atoms with Crippen LogP contribution in [0.4, 0.5) is 0 Å². The van der Waals surface area contributed by atoms with Crippen molar-refractivity contribution in [2.24, 2.45) is 0 Å². The summed E-state index contributed by atoms with van der Waals surface area (Å²) in [5.41, 5.74) is 4.05. The summed E-state index contributed by atoms with van der Waals surface area (Å²) in [5, 5.41) is 1.93. The van der Waals surface area contributed by atoms with Crippen LogP contribution in [-0.4, -0.2) is 57.8 Å². The zero-order valence-corrected chi connectivity index (χ0v) is 17.6. The highest BCUT2D eigenvalue weighted by Crippen LogP contribution is 2.24. The van der Waals surface area contributed by atoms with Crippen molar-refractivity contribution in [1.82, 2.24) is 19.2 Å². The van der Waals surface area contributed by atoms with Gasteiger partial charge in [-0.25, -0.2) is 4.98 Å². The summed E-state index contributed by atoms with van der Waals surface area (Å²) < 4.78 is 1.94. The van der Waals surface area contributed by atoms with E-state index in [0.29, 0.717) is 5.69 Å². The molecule has 2 aromatic carbocycles. The summed E-state index contributed by atoms with van der Waals surface area (Å²) in [6.07, 6.45) is 3.03. The molecule has 0 saturated carbocycles. The molecule has 2 aromatic heterocycles. The number of imidazole rings is 1. The van der Waals surface area contributed by atoms with Gasteiger partial charge in [0.25, 0.3) is 5.91 Å². The van der Waals surface area contributed by atoms with E-state index in [2.05, 4.69) is 35.2 Å². The number of amides is 1. The Kier molecular flexibility index (Phi) is 5.34. The zero-order valence-electron chi connectivity index (χ0n) is 16.8. The van der Waals surface area contributed by atoms with E-state index in [-0.39, 0.29) is 5.91 Å². The van der Waals surface area contributed by atoms with Crippen LogP contribution in [0.25, 0.3) is 16.2 Å². The molecule has 5 nitrogen and oxygen atoms in total. The SMILES string of the molecule is O=C(c1csc2nc(-c3ccccc3)cn12)N1CCN(CCc2ccccc2)CC1. The molecule has 1 saturated heterocycles. The van der Waals surface area contributed by atoms with E-state index in [4.69, 9.17) is 4.98 Å². The van der Waals surface area contributed by atoms with Gasteiger partial charge in [-0.2, -0.15) is 0 Å². The van der Waals surface area contributed by atoms with Crippen molar-refractivity contribution in [3.05, 3.63) is 83.5 Å². The lowest BCUT2D eigenvalue weighted by molar-refractivity contribution is 0.0632. The zero-order chi connectivity index (χ0) is 20.3. The quantitative estimate of drug-likeness (QED) is 0.493. The summed E-state index contributed by atoms with van der Waals surface area (Å²) in [5.74, 6) is 0.0981. The van der Waals surface area contributed by atoms with Crippen LogP contribution >= 0.6 is 11.3 Å². The van der Waals surface area contributed by atoms with Crippen molar-refractivity contribution in [3.63, 3.8) is 0 Å². The topological polar surface area (TPSA) is 40.9 Å². The smallest absolute Gasteiger partial charge is 0.271 e. The molecular weight excluding hydrogens is 392 g/mol. The second-order valence-electron chi connectivity index (χ2n) is 7.64. The van der Waals surface area contributed by atoms with Crippen molar-refractivity contribution < 1.29 is 4.79 Å². The van der Waals surface area contributed by atoms with Crippen LogP contribution in [0.1, 0.15) is 16.1 Å². The van der Waals surface area contributed by atoms with Gasteiger partial charge in [0.15, 0.2) is 4.96 Å². The van der Waals surface area contributed by atoms with Gasteiger partial charge in [-0.05, 0) is 12.0 Å². The molecule has 0 unspecified atom stereocenters. The lowest BCUT2D eigenvalue weighted by Crippen LogP contribution is -2.49. The van der Waals surface area contributed by atoms with Crippen LogP contribution in [-0.2, 0) is 6.42 Å². The fraction of sp³-hybridized carbons (Fsp3) is 0.250. The molecule has 0 spiro atoms. The Hall–Kier alpha value is -2.96. The van der Waals surface area contributed by atoms with Crippen LogP contribution in [0.15, 0.2) is 72.2 Å². The van der Waals surface area contributed by atoms with Gasteiger partial charge in [0.05, 0.1) is 5.69 Å². The van der Waals surface area contributed by atoms with E-state index in [1.165, 1.54) is 16.9 Å². The highest BCUT2D eigenvalue weighted by Gasteiger charge is 2.24. The molecule has 1 aliphatic heterocycles. The molecule has 1 fully saturated rings. The Morgan fingerprint density at radius 2 is 1.63 bits per heavy atom. The van der Waals surface area contributed by atoms with Crippen LogP contribution in [0.2, 0.25) is 0 Å². The van der Waals surface area contributed by atoms with E-state index < -0.39 is 0 Å². The average Bonchev–Trinajstić information content (AvgIpc) is 3.40. The third-order valence-corrected chi connectivity index (χ3v) is 6.56. The number of carbonyl (C=O) groups excluding carboxylic acids is 1. The summed E-state index contributed by atoms with van der Waals surface area (Å²) in [6, 6.07) is 20.7. The molecular formula is C24H24N4OS. The fourth-order valence-electron chi connectivity index (χ4n) is 3.95. The predicted molar refractivity (Wildman–Crippen MR) is 121 cm³/mol. The van der Waals surface area contributed by atoms with Crippen LogP contribution in [0.5, 0.6) is 0 Å². The first-order valence-corrected chi connectivity index (χ1v) is 11.2. The molecule has 1 amide bonds. The highest BCUT2D eigenvalue weighted by molar-refractivity contribution is 7.15. The van der Waals surface area contributed by atoms with Gasteiger partial charge in [0, 0.05) is 49.9 Å². The number of rotatable bonds is 5. The molecule has 3 heterocycles. The number of nitrogens with zero attached hydrogens (tertiary/aromatic N) is 4. The average molecular weight is 417 g/mol. The van der Waals surface area contributed by atoms with E-state index >= 15 is 0 Å². The largest absolute Gasteiger partial charge is 0.335 e. The Balaban J connectivity index is 1.23. The second-order valence-corrected chi connectivity index (χ2v) is 8.47. The van der Waals surface area contributed by atoms with E-state index in [0.717, 1.165) is 55.4 Å². The van der Waals surface area contributed by atoms with Crippen molar-refractivity contribution in [3.8, 4) is 11.3 Å². The fourth-order valence-corrected chi connectivity index (χ4v) is 4.80. The lowest BCUT2D eigenvalue weighted by Gasteiger charge is -2.34. The van der Waals surface area contributed by atoms with Gasteiger partial charge in [-0.1, -0.05) is 60.7 Å². The van der Waals surface area contributed by atoms with Crippen LogP contribution in [0.3, 0.4) is 0 Å². The molecule has 152 valence electrons. The minimum absolute atomic E-state index is 0.0981. The van der Waals surface area contributed by atoms with Gasteiger partial charge >= 0.3 is 0 Å². The number of hydrogen-bond donors (Lipinski definition) is 0. The van der Waals surface area contributed by atoms with Gasteiger partial charge in [-0.3, -0.25) is 14.1 Å². The third-order valence-electron chi connectivity index (χ3n) is 5.72. The Morgan fingerprint density at radius 1 is 0.933 bits per heavy atom. The summed E-state index contributed by atoms with van der Waals surface area (Å²) in [7, 11) is 0. The maximum absolute atomic E-state index is 13.2.